The van der Waals surface area contributed by atoms with E-state index in [4.69, 9.17) is 17.0 Å². The lowest BCUT2D eigenvalue weighted by Crippen LogP contribution is -2.38. The van der Waals surface area contributed by atoms with Crippen LogP contribution in [0.3, 0.4) is 0 Å². The molecule has 1 fully saturated rings. The molecule has 0 bridgehead atoms. The Morgan fingerprint density at radius 3 is 2.39 bits per heavy atom. The van der Waals surface area contributed by atoms with Gasteiger partial charge in [-0.3, -0.25) is 9.47 Å². The van der Waals surface area contributed by atoms with E-state index in [9.17, 15) is 13.2 Å². The summed E-state index contributed by atoms with van der Waals surface area (Å²) in [7, 11) is 1.89. The van der Waals surface area contributed by atoms with Crippen LogP contribution in [0, 0.1) is 4.77 Å². The van der Waals surface area contributed by atoms with Crippen LogP contribution < -0.4 is 4.90 Å². The molecule has 1 aromatic heterocycles. The van der Waals surface area contributed by atoms with Crippen LogP contribution in [0.1, 0.15) is 18.1 Å². The van der Waals surface area contributed by atoms with Crippen molar-refractivity contribution in [3.63, 3.8) is 0 Å². The smallest absolute Gasteiger partial charge is 0.378 e. The Morgan fingerprint density at radius 1 is 1.18 bits per heavy atom. The quantitative estimate of drug-likeness (QED) is 0.677. The first-order valence-electron chi connectivity index (χ1n) is 9.14. The van der Waals surface area contributed by atoms with Gasteiger partial charge in [-0.15, -0.1) is 5.10 Å². The van der Waals surface area contributed by atoms with Gasteiger partial charge in [0.25, 0.3) is 0 Å². The van der Waals surface area contributed by atoms with Crippen LogP contribution in [-0.2, 0) is 30.7 Å². The van der Waals surface area contributed by atoms with Crippen LogP contribution in [0.15, 0.2) is 24.3 Å². The van der Waals surface area contributed by atoms with Gasteiger partial charge < -0.3 is 9.64 Å². The Balaban J connectivity index is 1.70. The van der Waals surface area contributed by atoms with Gasteiger partial charge in [-0.2, -0.15) is 13.2 Å². The number of rotatable bonds is 6. The van der Waals surface area contributed by atoms with Crippen molar-refractivity contribution in [3.05, 3.63) is 40.2 Å². The van der Waals surface area contributed by atoms with Gasteiger partial charge in [-0.05, 0) is 43.9 Å². The largest absolute Gasteiger partial charge is 0.416 e. The molecule has 0 radical (unpaired) electrons. The minimum atomic E-state index is -4.32. The molecule has 1 saturated heterocycles. The fourth-order valence-electron chi connectivity index (χ4n) is 3.19. The predicted molar refractivity (Wildman–Crippen MR) is 103 cm³/mol. The summed E-state index contributed by atoms with van der Waals surface area (Å²) in [6.45, 7) is 6.55. The van der Waals surface area contributed by atoms with E-state index in [0.717, 1.165) is 36.7 Å². The Labute approximate surface area is 167 Å². The predicted octanol–water partition coefficient (Wildman–Crippen LogP) is 3.38. The van der Waals surface area contributed by atoms with Crippen molar-refractivity contribution in [2.45, 2.75) is 32.9 Å². The summed E-state index contributed by atoms with van der Waals surface area (Å²) in [4.78, 5) is 4.13. The Kier molecular flexibility index (Phi) is 6.41. The van der Waals surface area contributed by atoms with Gasteiger partial charge in [0.15, 0.2) is 0 Å². The van der Waals surface area contributed by atoms with Crippen molar-refractivity contribution in [3.8, 4) is 0 Å². The highest BCUT2D eigenvalue weighted by molar-refractivity contribution is 7.71. The lowest BCUT2D eigenvalue weighted by Gasteiger charge is -2.27. The molecule has 2 aromatic rings. The van der Waals surface area contributed by atoms with Crippen LogP contribution in [0.25, 0.3) is 0 Å². The van der Waals surface area contributed by atoms with Crippen molar-refractivity contribution >= 4 is 18.2 Å². The molecule has 6 nitrogen and oxygen atoms in total. The molecule has 1 aliphatic rings. The molecule has 1 aliphatic heterocycles. The maximum absolute atomic E-state index is 12.7. The first-order valence-corrected chi connectivity index (χ1v) is 9.55. The highest BCUT2D eigenvalue weighted by Gasteiger charge is 2.30. The van der Waals surface area contributed by atoms with Gasteiger partial charge in [-0.1, -0.05) is 12.1 Å². The second kappa shape index (κ2) is 8.62. The SMILES string of the molecule is CCn1c(N2CCOCC2)nn(CN(C)Cc2ccc(C(F)(F)F)cc2)c1=S. The van der Waals surface area contributed by atoms with E-state index in [0.29, 0.717) is 37.7 Å². The molecule has 154 valence electrons. The van der Waals surface area contributed by atoms with E-state index >= 15 is 0 Å². The average Bonchev–Trinajstić information content (AvgIpc) is 2.97. The molecule has 3 rings (SSSR count). The molecule has 0 amide bonds. The van der Waals surface area contributed by atoms with Crippen LogP contribution >= 0.6 is 12.2 Å². The Bertz CT molecular complexity index is 840. The summed E-state index contributed by atoms with van der Waals surface area (Å²) in [6.07, 6.45) is -4.32. The van der Waals surface area contributed by atoms with E-state index in [2.05, 4.69) is 10.00 Å². The number of aromatic nitrogens is 3. The van der Waals surface area contributed by atoms with Gasteiger partial charge >= 0.3 is 6.18 Å². The highest BCUT2D eigenvalue weighted by atomic mass is 32.1. The number of morpholine rings is 1. The summed E-state index contributed by atoms with van der Waals surface area (Å²) < 4.78 is 47.9. The second-order valence-electron chi connectivity index (χ2n) is 6.78. The standard InChI is InChI=1S/C18H24F3N5OS/c1-3-25-16(24-8-10-27-11-9-24)22-26(17(25)28)13-23(2)12-14-4-6-15(7-5-14)18(19,20)21/h4-7H,3,8-13H2,1-2H3. The number of benzene rings is 1. The van der Waals surface area contributed by atoms with Crippen molar-refractivity contribution in [1.82, 2.24) is 19.2 Å². The van der Waals surface area contributed by atoms with E-state index < -0.39 is 11.7 Å². The van der Waals surface area contributed by atoms with E-state index in [1.54, 1.807) is 4.68 Å². The second-order valence-corrected chi connectivity index (χ2v) is 7.14. The van der Waals surface area contributed by atoms with Crippen molar-refractivity contribution in [2.75, 3.05) is 38.3 Å². The first-order chi connectivity index (χ1) is 13.3. The zero-order valence-electron chi connectivity index (χ0n) is 15.9. The van der Waals surface area contributed by atoms with Crippen molar-refractivity contribution in [2.24, 2.45) is 0 Å². The number of alkyl halides is 3. The zero-order valence-corrected chi connectivity index (χ0v) is 16.8. The molecule has 2 heterocycles. The molecule has 0 unspecified atom stereocenters. The van der Waals surface area contributed by atoms with Crippen LogP contribution in [0.2, 0.25) is 0 Å². The van der Waals surface area contributed by atoms with Gasteiger partial charge in [0.1, 0.15) is 0 Å². The number of nitrogens with zero attached hydrogens (tertiary/aromatic N) is 5. The van der Waals surface area contributed by atoms with E-state index in [1.165, 1.54) is 12.1 Å². The van der Waals surface area contributed by atoms with Gasteiger partial charge in [0.05, 0.1) is 25.4 Å². The molecular formula is C18H24F3N5OS. The van der Waals surface area contributed by atoms with Gasteiger partial charge in [0.2, 0.25) is 10.7 Å². The Morgan fingerprint density at radius 2 is 1.82 bits per heavy atom. The molecule has 0 N–H and O–H groups in total. The maximum Gasteiger partial charge on any atom is 0.416 e. The molecular weight excluding hydrogens is 391 g/mol. The fraction of sp³-hybridized carbons (Fsp3) is 0.556. The normalized spacial score (nSPS) is 15.4. The minimum Gasteiger partial charge on any atom is -0.378 e. The average molecular weight is 415 g/mol. The minimum absolute atomic E-state index is 0.449. The van der Waals surface area contributed by atoms with E-state index in [-0.39, 0.29) is 0 Å². The van der Waals surface area contributed by atoms with Gasteiger partial charge in [-0.25, -0.2) is 4.68 Å². The Hall–Kier alpha value is -1.91. The van der Waals surface area contributed by atoms with E-state index in [1.807, 2.05) is 23.4 Å². The van der Waals surface area contributed by atoms with Crippen LogP contribution in [0.5, 0.6) is 0 Å². The summed E-state index contributed by atoms with van der Waals surface area (Å²) >= 11 is 5.58. The highest BCUT2D eigenvalue weighted by Crippen LogP contribution is 2.29. The van der Waals surface area contributed by atoms with Crippen LogP contribution in [-0.4, -0.2) is 52.6 Å². The third-order valence-electron chi connectivity index (χ3n) is 4.62. The summed E-state index contributed by atoms with van der Waals surface area (Å²) in [5, 5.41) is 4.69. The molecule has 0 saturated carbocycles. The van der Waals surface area contributed by atoms with Crippen LogP contribution in [0.4, 0.5) is 19.1 Å². The number of hydrogen-bond acceptors (Lipinski definition) is 5. The number of halogens is 3. The summed E-state index contributed by atoms with van der Waals surface area (Å²) in [6, 6.07) is 5.22. The molecule has 28 heavy (non-hydrogen) atoms. The maximum atomic E-state index is 12.7. The molecule has 0 atom stereocenters. The van der Waals surface area contributed by atoms with Crippen molar-refractivity contribution < 1.29 is 17.9 Å². The molecule has 0 spiro atoms. The van der Waals surface area contributed by atoms with Crippen molar-refractivity contribution in [1.29, 1.82) is 0 Å². The summed E-state index contributed by atoms with van der Waals surface area (Å²) in [5.74, 6) is 0.832. The number of anilines is 1. The molecule has 0 aliphatic carbocycles. The lowest BCUT2D eigenvalue weighted by atomic mass is 10.1. The summed E-state index contributed by atoms with van der Waals surface area (Å²) in [5.41, 5.74) is 0.156. The number of hydrogen-bond donors (Lipinski definition) is 0. The lowest BCUT2D eigenvalue weighted by molar-refractivity contribution is -0.137. The fourth-order valence-corrected chi connectivity index (χ4v) is 3.49. The number of ether oxygens (including phenoxy) is 1. The monoisotopic (exact) mass is 415 g/mol. The zero-order chi connectivity index (χ0) is 20.3. The third-order valence-corrected chi connectivity index (χ3v) is 5.05. The topological polar surface area (TPSA) is 38.5 Å². The van der Waals surface area contributed by atoms with Gasteiger partial charge in [0, 0.05) is 26.2 Å². The first kappa shape index (κ1) is 20.8. The molecule has 10 heteroatoms. The molecule has 1 aromatic carbocycles. The third kappa shape index (κ3) is 4.73.